The fourth-order valence-corrected chi connectivity index (χ4v) is 5.32. The van der Waals surface area contributed by atoms with E-state index in [-0.39, 0.29) is 36.0 Å². The highest BCUT2D eigenvalue weighted by Gasteiger charge is 2.31. The van der Waals surface area contributed by atoms with Crippen molar-refractivity contribution >= 4 is 39.1 Å². The summed E-state index contributed by atoms with van der Waals surface area (Å²) in [7, 11) is -1.95. The minimum Gasteiger partial charge on any atom is -0.339 e. The fourth-order valence-electron chi connectivity index (χ4n) is 3.44. The van der Waals surface area contributed by atoms with Crippen LogP contribution in [0.25, 0.3) is 0 Å². The van der Waals surface area contributed by atoms with Crippen molar-refractivity contribution in [1.82, 2.24) is 14.1 Å². The topological polar surface area (TPSA) is 84.7 Å². The molecular weight excluding hydrogens is 459 g/mol. The van der Waals surface area contributed by atoms with E-state index in [1.54, 1.807) is 29.2 Å². The predicted octanol–water partition coefficient (Wildman–Crippen LogP) is 2.83. The largest absolute Gasteiger partial charge is 0.339 e. The van der Waals surface area contributed by atoms with Gasteiger partial charge in [0.2, 0.25) is 15.9 Å². The zero-order valence-electron chi connectivity index (χ0n) is 17.0. The molecule has 0 spiro atoms. The lowest BCUT2D eigenvalue weighted by molar-refractivity contribution is -0.133. The van der Waals surface area contributed by atoms with Crippen LogP contribution in [-0.2, 0) is 21.4 Å². The van der Waals surface area contributed by atoms with Crippen molar-refractivity contribution in [3.05, 3.63) is 63.6 Å². The second-order valence-corrected chi connectivity index (χ2v) is 10.0. The zero-order chi connectivity index (χ0) is 22.6. The quantitative estimate of drug-likeness (QED) is 0.634. The summed E-state index contributed by atoms with van der Waals surface area (Å²) in [6.07, 6.45) is 0. The molecule has 0 aliphatic carbocycles. The average molecular weight is 481 g/mol. The van der Waals surface area contributed by atoms with Gasteiger partial charge < -0.3 is 4.90 Å². The molecule has 164 valence electrons. The number of sulfonamides is 1. The van der Waals surface area contributed by atoms with Crippen LogP contribution in [0.4, 0.5) is 0 Å². The molecule has 3 rings (SSSR count). The van der Waals surface area contributed by atoms with Crippen LogP contribution in [0.15, 0.2) is 47.4 Å². The maximum atomic E-state index is 12.9. The molecule has 0 saturated carbocycles. The molecule has 1 aliphatic heterocycles. The molecule has 31 heavy (non-hydrogen) atoms. The van der Waals surface area contributed by atoms with Gasteiger partial charge in [-0.15, -0.1) is 0 Å². The Kier molecular flexibility index (Phi) is 7.57. The Morgan fingerprint density at radius 1 is 1.10 bits per heavy atom. The molecule has 1 fully saturated rings. The number of likely N-dealkylation sites (N-methyl/N-ethyl adjacent to an activating group) is 1. The van der Waals surface area contributed by atoms with Gasteiger partial charge in [0.15, 0.2) is 0 Å². The van der Waals surface area contributed by atoms with Crippen molar-refractivity contribution in [2.75, 3.05) is 39.8 Å². The van der Waals surface area contributed by atoms with Gasteiger partial charge in [-0.2, -0.15) is 9.57 Å². The molecule has 0 aromatic heterocycles. The summed E-state index contributed by atoms with van der Waals surface area (Å²) in [6.45, 7) is 1.70. The minimum atomic E-state index is -3.79. The number of amides is 1. The Morgan fingerprint density at radius 3 is 2.42 bits per heavy atom. The summed E-state index contributed by atoms with van der Waals surface area (Å²) in [4.78, 5) is 16.2. The molecule has 2 aromatic carbocycles. The number of nitriles is 1. The Morgan fingerprint density at radius 2 is 1.77 bits per heavy atom. The summed E-state index contributed by atoms with van der Waals surface area (Å²) < 4.78 is 27.2. The molecule has 7 nitrogen and oxygen atoms in total. The van der Waals surface area contributed by atoms with E-state index in [1.165, 1.54) is 16.4 Å². The summed E-state index contributed by atoms with van der Waals surface area (Å²) in [5, 5.41) is 10.2. The van der Waals surface area contributed by atoms with E-state index in [9.17, 15) is 18.5 Å². The van der Waals surface area contributed by atoms with Crippen LogP contribution in [0.5, 0.6) is 0 Å². The number of carbonyl (C=O) groups excluding carboxylic acids is 1. The highest BCUT2D eigenvalue weighted by atomic mass is 35.5. The van der Waals surface area contributed by atoms with Crippen LogP contribution in [-0.4, -0.2) is 68.2 Å². The van der Waals surface area contributed by atoms with Crippen LogP contribution >= 0.6 is 23.2 Å². The lowest BCUT2D eigenvalue weighted by Gasteiger charge is -2.35. The number of rotatable bonds is 6. The highest BCUT2D eigenvalue weighted by molar-refractivity contribution is 7.89. The van der Waals surface area contributed by atoms with Crippen molar-refractivity contribution in [2.24, 2.45) is 0 Å². The number of halogens is 2. The van der Waals surface area contributed by atoms with Crippen molar-refractivity contribution in [3.63, 3.8) is 0 Å². The van der Waals surface area contributed by atoms with Gasteiger partial charge in [-0.3, -0.25) is 9.69 Å². The van der Waals surface area contributed by atoms with Crippen molar-refractivity contribution in [1.29, 1.82) is 5.26 Å². The molecular formula is C21H22Cl2N4O3S. The number of hydrogen-bond acceptors (Lipinski definition) is 5. The van der Waals surface area contributed by atoms with Gasteiger partial charge in [-0.25, -0.2) is 8.42 Å². The van der Waals surface area contributed by atoms with Crippen LogP contribution in [0.2, 0.25) is 10.0 Å². The SMILES string of the molecule is CN(CC(=O)N1CCN(S(=O)(=O)c2ccccc2C#N)CC1)Cc1ccc(Cl)c(Cl)c1. The van der Waals surface area contributed by atoms with Crippen LogP contribution in [0.1, 0.15) is 11.1 Å². The van der Waals surface area contributed by atoms with E-state index < -0.39 is 10.0 Å². The van der Waals surface area contributed by atoms with E-state index in [0.29, 0.717) is 29.7 Å². The third-order valence-electron chi connectivity index (χ3n) is 5.06. The van der Waals surface area contributed by atoms with Gasteiger partial charge in [0.1, 0.15) is 6.07 Å². The van der Waals surface area contributed by atoms with Gasteiger partial charge in [0.25, 0.3) is 0 Å². The molecule has 1 amide bonds. The summed E-state index contributed by atoms with van der Waals surface area (Å²) in [6, 6.07) is 13.4. The molecule has 0 unspecified atom stereocenters. The lowest BCUT2D eigenvalue weighted by atomic mass is 10.2. The third kappa shape index (κ3) is 5.56. The van der Waals surface area contributed by atoms with E-state index in [2.05, 4.69) is 0 Å². The molecule has 0 bridgehead atoms. The highest BCUT2D eigenvalue weighted by Crippen LogP contribution is 2.23. The molecule has 0 radical (unpaired) electrons. The second-order valence-electron chi connectivity index (χ2n) is 7.31. The normalized spacial score (nSPS) is 15.1. The van der Waals surface area contributed by atoms with E-state index in [4.69, 9.17) is 23.2 Å². The van der Waals surface area contributed by atoms with E-state index in [0.717, 1.165) is 5.56 Å². The second kappa shape index (κ2) is 9.98. The monoisotopic (exact) mass is 480 g/mol. The van der Waals surface area contributed by atoms with E-state index in [1.807, 2.05) is 24.1 Å². The standard InChI is InChI=1S/C21H22Cl2N4O3S/c1-25(14-16-6-7-18(22)19(23)12-16)15-21(28)26-8-10-27(11-9-26)31(29,30)20-5-3-2-4-17(20)13-24/h2-7,12H,8-11,14-15H2,1H3. The Balaban J connectivity index is 1.57. The lowest BCUT2D eigenvalue weighted by Crippen LogP contribution is -2.52. The van der Waals surface area contributed by atoms with Gasteiger partial charge in [-0.05, 0) is 36.9 Å². The number of carbonyl (C=O) groups is 1. The first-order valence-corrected chi connectivity index (χ1v) is 11.8. The smallest absolute Gasteiger partial charge is 0.244 e. The molecule has 2 aromatic rings. The minimum absolute atomic E-state index is 0.00126. The summed E-state index contributed by atoms with van der Waals surface area (Å²) in [5.41, 5.74) is 1.06. The average Bonchev–Trinajstić information content (AvgIpc) is 2.76. The number of nitrogens with zero attached hydrogens (tertiary/aromatic N) is 4. The van der Waals surface area contributed by atoms with Crippen LogP contribution < -0.4 is 0 Å². The molecule has 1 aliphatic rings. The first-order valence-electron chi connectivity index (χ1n) is 9.62. The molecule has 0 N–H and O–H groups in total. The molecule has 10 heteroatoms. The first kappa shape index (κ1) is 23.5. The van der Waals surface area contributed by atoms with Crippen molar-refractivity contribution < 1.29 is 13.2 Å². The fraction of sp³-hybridized carbons (Fsp3) is 0.333. The van der Waals surface area contributed by atoms with E-state index >= 15 is 0 Å². The maximum Gasteiger partial charge on any atom is 0.244 e. The van der Waals surface area contributed by atoms with Crippen LogP contribution in [0.3, 0.4) is 0 Å². The Hall–Kier alpha value is -2.15. The third-order valence-corrected chi connectivity index (χ3v) is 7.75. The van der Waals surface area contributed by atoms with Gasteiger partial charge >= 0.3 is 0 Å². The Labute approximate surface area is 192 Å². The van der Waals surface area contributed by atoms with Crippen molar-refractivity contribution in [3.8, 4) is 6.07 Å². The Bertz CT molecular complexity index is 1110. The molecule has 1 saturated heterocycles. The number of hydrogen-bond donors (Lipinski definition) is 0. The predicted molar refractivity (Wildman–Crippen MR) is 119 cm³/mol. The zero-order valence-corrected chi connectivity index (χ0v) is 19.3. The van der Waals surface area contributed by atoms with Gasteiger partial charge in [0.05, 0.1) is 27.0 Å². The van der Waals surface area contributed by atoms with Gasteiger partial charge in [-0.1, -0.05) is 41.4 Å². The molecule has 0 atom stereocenters. The first-order chi connectivity index (χ1) is 14.7. The maximum absolute atomic E-state index is 12.9. The van der Waals surface area contributed by atoms with Gasteiger partial charge in [0, 0.05) is 32.7 Å². The number of benzene rings is 2. The summed E-state index contributed by atoms with van der Waals surface area (Å²) >= 11 is 12.0. The molecule has 1 heterocycles. The van der Waals surface area contributed by atoms with Crippen LogP contribution in [0, 0.1) is 11.3 Å². The van der Waals surface area contributed by atoms with Crippen molar-refractivity contribution in [2.45, 2.75) is 11.4 Å². The number of piperazine rings is 1. The summed E-state index contributed by atoms with van der Waals surface area (Å²) in [5.74, 6) is -0.0722.